The normalized spacial score (nSPS) is 20.1. The third-order valence-corrected chi connectivity index (χ3v) is 5.77. The second-order valence-electron chi connectivity index (χ2n) is 5.78. The lowest BCUT2D eigenvalue weighted by Gasteiger charge is -2.37. The highest BCUT2D eigenvalue weighted by atomic mass is 32.2. The van der Waals surface area contributed by atoms with Crippen LogP contribution in [0.25, 0.3) is 0 Å². The van der Waals surface area contributed by atoms with Gasteiger partial charge in [0.15, 0.2) is 9.84 Å². The van der Waals surface area contributed by atoms with E-state index in [-0.39, 0.29) is 6.54 Å². The lowest BCUT2D eigenvalue weighted by atomic mass is 9.93. The average Bonchev–Trinajstić information content (AvgIpc) is 2.26. The van der Waals surface area contributed by atoms with Crippen LogP contribution in [0.4, 0.5) is 0 Å². The summed E-state index contributed by atoms with van der Waals surface area (Å²) < 4.78 is 27.0. The van der Waals surface area contributed by atoms with E-state index in [4.69, 9.17) is 4.74 Å². The second kappa shape index (κ2) is 5.38. The van der Waals surface area contributed by atoms with E-state index in [1.165, 1.54) is 25.8 Å². The molecule has 0 unspecified atom stereocenters. The Bertz CT molecular complexity index is 437. The number of hydrogen-bond acceptors (Lipinski definition) is 5. The maximum atomic E-state index is 12.2. The van der Waals surface area contributed by atoms with Gasteiger partial charge in [0.1, 0.15) is 4.75 Å². The summed E-state index contributed by atoms with van der Waals surface area (Å²) in [6.45, 7) is 3.79. The molecule has 0 aliphatic carbocycles. The first-order valence-corrected chi connectivity index (χ1v) is 8.14. The summed E-state index contributed by atoms with van der Waals surface area (Å²) >= 11 is 0. The molecule has 0 atom stereocenters. The van der Waals surface area contributed by atoms with Crippen molar-refractivity contribution < 1.29 is 23.1 Å². The molecule has 1 amide bonds. The topological polar surface area (TPSA) is 83.9 Å². The summed E-state index contributed by atoms with van der Waals surface area (Å²) in [7, 11) is -1.99. The number of aliphatic hydroxyl groups is 1. The molecule has 1 heterocycles. The molecule has 1 saturated heterocycles. The van der Waals surface area contributed by atoms with E-state index in [9.17, 15) is 18.3 Å². The maximum absolute atomic E-state index is 12.2. The first kappa shape index (κ1) is 16.4. The van der Waals surface area contributed by atoms with Gasteiger partial charge in [0.25, 0.3) is 0 Å². The van der Waals surface area contributed by atoms with Crippen molar-refractivity contribution in [1.29, 1.82) is 0 Å². The van der Waals surface area contributed by atoms with Crippen molar-refractivity contribution >= 4 is 15.7 Å². The molecule has 6 nitrogen and oxygen atoms in total. The summed E-state index contributed by atoms with van der Waals surface area (Å²) in [6, 6.07) is 0. The summed E-state index contributed by atoms with van der Waals surface area (Å²) in [5.74, 6) is -0.505. The molecule has 112 valence electrons. The highest BCUT2D eigenvalue weighted by molar-refractivity contribution is 7.92. The van der Waals surface area contributed by atoms with Crippen molar-refractivity contribution in [3.05, 3.63) is 0 Å². The van der Waals surface area contributed by atoms with E-state index in [1.54, 1.807) is 0 Å². The minimum absolute atomic E-state index is 0.119. The molecule has 0 aromatic carbocycles. The zero-order valence-electron chi connectivity index (χ0n) is 12.0. The van der Waals surface area contributed by atoms with E-state index < -0.39 is 26.1 Å². The van der Waals surface area contributed by atoms with Crippen LogP contribution in [0.3, 0.4) is 0 Å². The van der Waals surface area contributed by atoms with Crippen LogP contribution >= 0.6 is 0 Å². The molecule has 1 aliphatic heterocycles. The van der Waals surface area contributed by atoms with E-state index in [1.807, 2.05) is 0 Å². The molecular formula is C12H23NO5S. The summed E-state index contributed by atoms with van der Waals surface area (Å²) in [5.41, 5.74) is -0.990. The molecule has 1 fully saturated rings. The molecule has 1 rings (SSSR count). The monoisotopic (exact) mass is 293 g/mol. The Morgan fingerprint density at radius 2 is 1.84 bits per heavy atom. The molecule has 7 heteroatoms. The molecular weight excluding hydrogens is 270 g/mol. The molecule has 0 aromatic rings. The molecule has 1 aliphatic rings. The van der Waals surface area contributed by atoms with Crippen LogP contribution < -0.4 is 0 Å². The number of ether oxygens (including phenoxy) is 1. The van der Waals surface area contributed by atoms with Crippen molar-refractivity contribution in [3.63, 3.8) is 0 Å². The molecule has 0 saturated carbocycles. The predicted molar refractivity (Wildman–Crippen MR) is 71.6 cm³/mol. The van der Waals surface area contributed by atoms with Gasteiger partial charge in [0.2, 0.25) is 5.91 Å². The molecule has 1 N–H and O–H groups in total. The van der Waals surface area contributed by atoms with Crippen LogP contribution in [0.2, 0.25) is 0 Å². The van der Waals surface area contributed by atoms with E-state index >= 15 is 0 Å². The number of likely N-dealkylation sites (N-methyl/N-ethyl adjacent to an activating group) is 1. The van der Waals surface area contributed by atoms with E-state index in [0.29, 0.717) is 26.1 Å². The number of rotatable bonds is 4. The van der Waals surface area contributed by atoms with Crippen LogP contribution in [0.1, 0.15) is 26.7 Å². The Morgan fingerprint density at radius 1 is 1.37 bits per heavy atom. The zero-order valence-corrected chi connectivity index (χ0v) is 12.8. The minimum Gasteiger partial charge on any atom is -0.388 e. The van der Waals surface area contributed by atoms with Crippen LogP contribution in [0.15, 0.2) is 0 Å². The third-order valence-electron chi connectivity index (χ3n) is 3.74. The highest BCUT2D eigenvalue weighted by Crippen LogP contribution is 2.24. The van der Waals surface area contributed by atoms with Gasteiger partial charge in [-0.1, -0.05) is 0 Å². The predicted octanol–water partition coefficient (Wildman–Crippen LogP) is -0.190. The summed E-state index contributed by atoms with van der Waals surface area (Å²) in [5, 5.41) is 10.3. The van der Waals surface area contributed by atoms with Crippen LogP contribution in [0, 0.1) is 0 Å². The Morgan fingerprint density at radius 3 is 2.26 bits per heavy atom. The van der Waals surface area contributed by atoms with Crippen molar-refractivity contribution in [3.8, 4) is 0 Å². The molecule has 19 heavy (non-hydrogen) atoms. The largest absolute Gasteiger partial charge is 0.388 e. The Kier molecular flexibility index (Phi) is 4.64. The van der Waals surface area contributed by atoms with Gasteiger partial charge in [-0.2, -0.15) is 0 Å². The van der Waals surface area contributed by atoms with Crippen molar-refractivity contribution in [2.75, 3.05) is 33.1 Å². The molecule has 0 spiro atoms. The van der Waals surface area contributed by atoms with Crippen LogP contribution in [-0.4, -0.2) is 67.7 Å². The number of carbonyl (C=O) groups is 1. The third kappa shape index (κ3) is 3.67. The van der Waals surface area contributed by atoms with Gasteiger partial charge < -0.3 is 14.7 Å². The Hall–Kier alpha value is -0.660. The first-order chi connectivity index (χ1) is 8.50. The van der Waals surface area contributed by atoms with Gasteiger partial charge in [-0.3, -0.25) is 4.79 Å². The fraction of sp³-hybridized carbons (Fsp3) is 0.917. The fourth-order valence-corrected chi connectivity index (χ4v) is 2.51. The molecule has 0 bridgehead atoms. The van der Waals surface area contributed by atoms with Crippen molar-refractivity contribution in [2.45, 2.75) is 37.0 Å². The maximum Gasteiger partial charge on any atom is 0.243 e. The van der Waals surface area contributed by atoms with Gasteiger partial charge in [0, 0.05) is 45.9 Å². The molecule has 0 radical (unpaired) electrons. The number of carbonyl (C=O) groups excluding carboxylic acids is 1. The minimum atomic E-state index is -3.50. The van der Waals surface area contributed by atoms with Crippen molar-refractivity contribution in [1.82, 2.24) is 4.90 Å². The second-order valence-corrected chi connectivity index (χ2v) is 8.35. The average molecular weight is 293 g/mol. The number of nitrogens with zero attached hydrogens (tertiary/aromatic N) is 1. The number of sulfone groups is 1. The SMILES string of the molecule is CN(CC1(O)CCOCC1)C(=O)C(C)(C)S(C)(=O)=O. The Balaban J connectivity index is 2.78. The summed E-state index contributed by atoms with van der Waals surface area (Å²) in [6.07, 6.45) is 1.94. The highest BCUT2D eigenvalue weighted by Gasteiger charge is 2.42. The molecule has 0 aromatic heterocycles. The lowest BCUT2D eigenvalue weighted by molar-refractivity contribution is -0.138. The number of hydrogen-bond donors (Lipinski definition) is 1. The standard InChI is InChI=1S/C12H23NO5S/c1-11(2,19(4,16)17)10(14)13(3)9-12(15)5-7-18-8-6-12/h15H,5-9H2,1-4H3. The van der Waals surface area contributed by atoms with Gasteiger partial charge in [-0.05, 0) is 13.8 Å². The quantitative estimate of drug-likeness (QED) is 0.776. The van der Waals surface area contributed by atoms with Gasteiger partial charge in [-0.15, -0.1) is 0 Å². The smallest absolute Gasteiger partial charge is 0.243 e. The van der Waals surface area contributed by atoms with Gasteiger partial charge >= 0.3 is 0 Å². The van der Waals surface area contributed by atoms with Crippen LogP contribution in [0.5, 0.6) is 0 Å². The first-order valence-electron chi connectivity index (χ1n) is 6.25. The lowest BCUT2D eigenvalue weighted by Crippen LogP contribution is -2.54. The van der Waals surface area contributed by atoms with Gasteiger partial charge in [-0.25, -0.2) is 8.42 Å². The zero-order chi connectivity index (χ0) is 14.9. The Labute approximate surface area is 114 Å². The number of amides is 1. The van der Waals surface area contributed by atoms with Crippen LogP contribution in [-0.2, 0) is 19.4 Å². The van der Waals surface area contributed by atoms with Crippen molar-refractivity contribution in [2.24, 2.45) is 0 Å². The fourth-order valence-electron chi connectivity index (χ4n) is 2.04. The van der Waals surface area contributed by atoms with Gasteiger partial charge in [0.05, 0.1) is 5.60 Å². The van der Waals surface area contributed by atoms with E-state index in [0.717, 1.165) is 6.26 Å². The van der Waals surface area contributed by atoms with E-state index in [2.05, 4.69) is 0 Å². The summed E-state index contributed by atoms with van der Waals surface area (Å²) in [4.78, 5) is 13.5.